The zero-order valence-electron chi connectivity index (χ0n) is 38.2. The first-order chi connectivity index (χ1) is 29.0. The molecule has 0 aromatic heterocycles. The lowest BCUT2D eigenvalue weighted by molar-refractivity contribution is -0.167. The molecular weight excluding hydrogens is 733 g/mol. The molecule has 0 radical (unpaired) electrons. The Morgan fingerprint density at radius 1 is 0.356 bits per heavy atom. The number of hydrogen-bond donors (Lipinski definition) is 0. The molecule has 0 amide bonds. The molecule has 0 aromatic carbocycles. The minimum absolute atomic E-state index is 0.101. The van der Waals surface area contributed by atoms with Gasteiger partial charge in [-0.05, 0) is 109 Å². The summed E-state index contributed by atoms with van der Waals surface area (Å²) in [7, 11) is 0. The van der Waals surface area contributed by atoms with Gasteiger partial charge < -0.3 is 14.2 Å². The van der Waals surface area contributed by atoms with Crippen molar-refractivity contribution in [2.45, 2.75) is 219 Å². The molecule has 0 saturated heterocycles. The van der Waals surface area contributed by atoms with Gasteiger partial charge in [0.1, 0.15) is 13.2 Å². The van der Waals surface area contributed by atoms with Crippen molar-refractivity contribution in [3.8, 4) is 0 Å². The number of unbranched alkanes of at least 4 members (excludes halogenated alkanes) is 17. The summed E-state index contributed by atoms with van der Waals surface area (Å²) in [4.78, 5) is 37.8. The third kappa shape index (κ3) is 45.5. The lowest BCUT2D eigenvalue weighted by Gasteiger charge is -2.18. The fraction of sp³-hybridized carbons (Fsp3) is 0.679. The van der Waals surface area contributed by atoms with E-state index >= 15 is 0 Å². The summed E-state index contributed by atoms with van der Waals surface area (Å²) in [6, 6.07) is 0. The molecule has 0 saturated carbocycles. The largest absolute Gasteiger partial charge is 0.462 e. The van der Waals surface area contributed by atoms with E-state index in [4.69, 9.17) is 14.2 Å². The number of carbonyl (C=O) groups excluding carboxylic acids is 3. The Kier molecular flexibility index (Phi) is 44.5. The fourth-order valence-electron chi connectivity index (χ4n) is 6.29. The average molecular weight is 821 g/mol. The Labute approximate surface area is 363 Å². The Morgan fingerprint density at radius 3 is 1.10 bits per heavy atom. The van der Waals surface area contributed by atoms with E-state index in [-0.39, 0.29) is 31.1 Å². The molecule has 59 heavy (non-hydrogen) atoms. The van der Waals surface area contributed by atoms with Crippen LogP contribution in [-0.2, 0) is 28.6 Å². The second kappa shape index (κ2) is 47.3. The molecule has 0 aromatic rings. The number of esters is 3. The van der Waals surface area contributed by atoms with E-state index in [0.717, 1.165) is 122 Å². The minimum atomic E-state index is -0.801. The summed E-state index contributed by atoms with van der Waals surface area (Å²) in [6.45, 7) is 6.32. The van der Waals surface area contributed by atoms with Crippen molar-refractivity contribution in [1.29, 1.82) is 0 Å². The first-order valence-corrected chi connectivity index (χ1v) is 24.1. The van der Waals surface area contributed by atoms with Crippen molar-refractivity contribution in [2.24, 2.45) is 0 Å². The van der Waals surface area contributed by atoms with Gasteiger partial charge in [-0.2, -0.15) is 0 Å². The fourth-order valence-corrected chi connectivity index (χ4v) is 6.29. The quantitative estimate of drug-likeness (QED) is 0.0264. The van der Waals surface area contributed by atoms with Crippen LogP contribution in [0.3, 0.4) is 0 Å². The summed E-state index contributed by atoms with van der Waals surface area (Å²) in [5.74, 6) is -0.974. The molecule has 0 aliphatic heterocycles. The van der Waals surface area contributed by atoms with E-state index < -0.39 is 6.10 Å². The molecule has 1 unspecified atom stereocenters. The van der Waals surface area contributed by atoms with Crippen LogP contribution in [-0.4, -0.2) is 37.2 Å². The van der Waals surface area contributed by atoms with Crippen LogP contribution in [0, 0.1) is 0 Å². The van der Waals surface area contributed by atoms with E-state index in [0.29, 0.717) is 19.3 Å². The second-order valence-corrected chi connectivity index (χ2v) is 15.6. The van der Waals surface area contributed by atoms with Crippen molar-refractivity contribution in [1.82, 2.24) is 0 Å². The topological polar surface area (TPSA) is 78.9 Å². The second-order valence-electron chi connectivity index (χ2n) is 15.6. The molecule has 0 rings (SSSR count). The normalized spacial score (nSPS) is 12.8. The standard InChI is InChI=1S/C53H88O6/c1-4-7-10-13-16-19-21-23-24-25-26-27-28-30-31-34-37-40-43-46-52(55)58-49-50(48-57-51(54)45-42-39-36-33-18-15-12-9-6-3)59-53(56)47-44-41-38-35-32-29-22-20-17-14-11-8-5-2/h7,9-10,12,16,18-19,23-24,26-27,29,32-33,50H,4-6,8,11,13-15,17,20-22,25,28,30-31,34-49H2,1-3H3/b10-7-,12-9-,19-16-,24-23-,27-26-,32-29-,33-18-. The van der Waals surface area contributed by atoms with Gasteiger partial charge in [-0.25, -0.2) is 0 Å². The Bertz CT molecular complexity index is 1170. The average Bonchev–Trinajstić information content (AvgIpc) is 3.23. The van der Waals surface area contributed by atoms with Crippen LogP contribution in [0.15, 0.2) is 85.1 Å². The lowest BCUT2D eigenvalue weighted by atomic mass is 10.1. The third-order valence-corrected chi connectivity index (χ3v) is 9.86. The highest BCUT2D eigenvalue weighted by Crippen LogP contribution is 2.13. The van der Waals surface area contributed by atoms with Gasteiger partial charge in [0.2, 0.25) is 0 Å². The molecule has 0 aliphatic carbocycles. The smallest absolute Gasteiger partial charge is 0.306 e. The van der Waals surface area contributed by atoms with Gasteiger partial charge in [0.25, 0.3) is 0 Å². The molecule has 6 nitrogen and oxygen atoms in total. The number of hydrogen-bond acceptors (Lipinski definition) is 6. The van der Waals surface area contributed by atoms with Crippen molar-refractivity contribution in [2.75, 3.05) is 13.2 Å². The zero-order chi connectivity index (χ0) is 43.0. The molecule has 0 aliphatic rings. The maximum Gasteiger partial charge on any atom is 0.306 e. The minimum Gasteiger partial charge on any atom is -0.462 e. The molecular formula is C53H88O6. The first kappa shape index (κ1) is 55.6. The van der Waals surface area contributed by atoms with Crippen LogP contribution >= 0.6 is 0 Å². The SMILES string of the molecule is CC/C=C\C/C=C\C/C=C\C/C=C\CCCCCCCCC(=O)OCC(COC(=O)CCCC/C=C\C/C=C\CC)OC(=O)CCCCC/C=C\CCCCCCCC. The molecule has 0 bridgehead atoms. The van der Waals surface area contributed by atoms with Crippen LogP contribution < -0.4 is 0 Å². The molecule has 0 N–H and O–H groups in total. The van der Waals surface area contributed by atoms with Gasteiger partial charge in [0.05, 0.1) is 0 Å². The molecule has 0 spiro atoms. The molecule has 0 fully saturated rings. The van der Waals surface area contributed by atoms with Crippen LogP contribution in [0.1, 0.15) is 213 Å². The highest BCUT2D eigenvalue weighted by molar-refractivity contribution is 5.71. The zero-order valence-corrected chi connectivity index (χ0v) is 38.2. The van der Waals surface area contributed by atoms with Gasteiger partial charge in [-0.3, -0.25) is 14.4 Å². The van der Waals surface area contributed by atoms with Crippen LogP contribution in [0.5, 0.6) is 0 Å². The lowest BCUT2D eigenvalue weighted by Crippen LogP contribution is -2.30. The maximum atomic E-state index is 12.7. The summed E-state index contributed by atoms with van der Waals surface area (Å²) in [6.07, 6.45) is 60.1. The number of carbonyl (C=O) groups is 3. The highest BCUT2D eigenvalue weighted by atomic mass is 16.6. The number of ether oxygens (including phenoxy) is 3. The first-order valence-electron chi connectivity index (χ1n) is 24.1. The molecule has 0 heterocycles. The van der Waals surface area contributed by atoms with Gasteiger partial charge in [0, 0.05) is 19.3 Å². The van der Waals surface area contributed by atoms with Crippen molar-refractivity contribution < 1.29 is 28.6 Å². The summed E-state index contributed by atoms with van der Waals surface area (Å²) >= 11 is 0. The Hall–Kier alpha value is -3.41. The van der Waals surface area contributed by atoms with Gasteiger partial charge in [-0.15, -0.1) is 0 Å². The van der Waals surface area contributed by atoms with Gasteiger partial charge in [0.15, 0.2) is 6.10 Å². The monoisotopic (exact) mass is 821 g/mol. The van der Waals surface area contributed by atoms with E-state index in [1.807, 2.05) is 0 Å². The maximum absolute atomic E-state index is 12.7. The summed E-state index contributed by atoms with van der Waals surface area (Å²) < 4.78 is 16.7. The van der Waals surface area contributed by atoms with Crippen molar-refractivity contribution in [3.63, 3.8) is 0 Å². The van der Waals surface area contributed by atoms with Crippen LogP contribution in [0.2, 0.25) is 0 Å². The predicted octanol–water partition coefficient (Wildman–Crippen LogP) is 15.6. The Balaban J connectivity index is 4.39. The van der Waals surface area contributed by atoms with Crippen molar-refractivity contribution in [3.05, 3.63) is 85.1 Å². The van der Waals surface area contributed by atoms with E-state index in [1.54, 1.807) is 0 Å². The van der Waals surface area contributed by atoms with E-state index in [2.05, 4.69) is 106 Å². The number of rotatable bonds is 42. The van der Waals surface area contributed by atoms with E-state index in [1.165, 1.54) is 51.4 Å². The summed E-state index contributed by atoms with van der Waals surface area (Å²) in [5.41, 5.74) is 0. The third-order valence-electron chi connectivity index (χ3n) is 9.86. The van der Waals surface area contributed by atoms with Crippen LogP contribution in [0.25, 0.3) is 0 Å². The van der Waals surface area contributed by atoms with E-state index in [9.17, 15) is 14.4 Å². The van der Waals surface area contributed by atoms with Crippen LogP contribution in [0.4, 0.5) is 0 Å². The van der Waals surface area contributed by atoms with Gasteiger partial charge in [-0.1, -0.05) is 170 Å². The molecule has 1 atom stereocenters. The Morgan fingerprint density at radius 2 is 0.661 bits per heavy atom. The van der Waals surface area contributed by atoms with Crippen molar-refractivity contribution >= 4 is 17.9 Å². The molecule has 6 heteroatoms. The van der Waals surface area contributed by atoms with Gasteiger partial charge >= 0.3 is 17.9 Å². The number of allylic oxidation sites excluding steroid dienone is 14. The predicted molar refractivity (Wildman–Crippen MR) is 251 cm³/mol. The highest BCUT2D eigenvalue weighted by Gasteiger charge is 2.19. The summed E-state index contributed by atoms with van der Waals surface area (Å²) in [5, 5.41) is 0. The molecule has 336 valence electrons.